The van der Waals surface area contributed by atoms with E-state index in [1.807, 2.05) is 13.0 Å². The number of nitrogens with one attached hydrogen (secondary N) is 1. The Hall–Kier alpha value is -1.12. The second-order valence-corrected chi connectivity index (χ2v) is 3.09. The molecule has 1 amide bonds. The third kappa shape index (κ3) is 1.72. The first kappa shape index (κ1) is 8.97. The number of carbonyl (C=O) groups is 1. The fourth-order valence-electron chi connectivity index (χ4n) is 1.05. The molecule has 0 fully saturated rings. The predicted molar refractivity (Wildman–Crippen MR) is 49.3 cm³/mol. The highest BCUT2D eigenvalue weighted by Gasteiger charge is 2.14. The molecule has 1 N–H and O–H groups in total. The molecule has 0 aromatic carbocycles. The van der Waals surface area contributed by atoms with Crippen molar-refractivity contribution in [2.75, 3.05) is 13.6 Å². The number of aliphatic imine (C=N–C) groups is 1. The van der Waals surface area contributed by atoms with Crippen LogP contribution in [-0.4, -0.2) is 25.2 Å². The molecule has 0 aromatic rings. The van der Waals surface area contributed by atoms with Crippen molar-refractivity contribution in [3.63, 3.8) is 0 Å². The van der Waals surface area contributed by atoms with Crippen LogP contribution in [0.3, 0.4) is 0 Å². The first-order chi connectivity index (χ1) is 5.65. The zero-order chi connectivity index (χ0) is 9.14. The second-order valence-electron chi connectivity index (χ2n) is 3.09. The zero-order valence-corrected chi connectivity index (χ0v) is 7.72. The van der Waals surface area contributed by atoms with Crippen molar-refractivity contribution >= 4 is 11.6 Å². The highest BCUT2D eigenvalue weighted by Crippen LogP contribution is 2.14. The zero-order valence-electron chi connectivity index (χ0n) is 7.72. The van der Waals surface area contributed by atoms with Gasteiger partial charge in [-0.05, 0) is 18.9 Å². The van der Waals surface area contributed by atoms with Gasteiger partial charge in [-0.2, -0.15) is 0 Å². The maximum absolute atomic E-state index is 11.1. The molecule has 12 heavy (non-hydrogen) atoms. The SMILES string of the molecule is CNC(=O)C1=NCC(C)C(C)=C1. The molecule has 0 saturated heterocycles. The maximum Gasteiger partial charge on any atom is 0.269 e. The molecule has 3 heteroatoms. The molecule has 1 rings (SSSR count). The van der Waals surface area contributed by atoms with Gasteiger partial charge in [-0.15, -0.1) is 0 Å². The highest BCUT2D eigenvalue weighted by molar-refractivity contribution is 6.43. The quantitative estimate of drug-likeness (QED) is 0.614. The molecule has 0 aliphatic carbocycles. The molecule has 1 heterocycles. The van der Waals surface area contributed by atoms with Crippen LogP contribution in [-0.2, 0) is 4.79 Å². The van der Waals surface area contributed by atoms with Gasteiger partial charge in [0, 0.05) is 13.6 Å². The topological polar surface area (TPSA) is 41.5 Å². The van der Waals surface area contributed by atoms with Crippen LogP contribution in [0, 0.1) is 5.92 Å². The molecule has 1 aliphatic heterocycles. The van der Waals surface area contributed by atoms with E-state index in [1.54, 1.807) is 7.05 Å². The standard InChI is InChI=1S/C9H14N2O/c1-6-4-8(9(12)10-3)11-5-7(6)2/h4,7H,5H2,1-3H3,(H,10,12). The van der Waals surface area contributed by atoms with Gasteiger partial charge >= 0.3 is 0 Å². The summed E-state index contributed by atoms with van der Waals surface area (Å²) in [7, 11) is 1.62. The van der Waals surface area contributed by atoms with Crippen molar-refractivity contribution in [3.05, 3.63) is 11.6 Å². The lowest BCUT2D eigenvalue weighted by atomic mass is 9.98. The van der Waals surface area contributed by atoms with E-state index in [9.17, 15) is 4.79 Å². The number of rotatable bonds is 1. The highest BCUT2D eigenvalue weighted by atomic mass is 16.1. The van der Waals surface area contributed by atoms with Gasteiger partial charge in [0.25, 0.3) is 5.91 Å². The summed E-state index contributed by atoms with van der Waals surface area (Å²) in [5.41, 5.74) is 1.77. The minimum absolute atomic E-state index is 0.0961. The van der Waals surface area contributed by atoms with Gasteiger partial charge in [0.15, 0.2) is 0 Å². The molecule has 1 aliphatic rings. The van der Waals surface area contributed by atoms with E-state index >= 15 is 0 Å². The molecule has 1 atom stereocenters. The van der Waals surface area contributed by atoms with Crippen LogP contribution in [0.1, 0.15) is 13.8 Å². The number of hydrogen-bond acceptors (Lipinski definition) is 2. The van der Waals surface area contributed by atoms with Crippen LogP contribution in [0.5, 0.6) is 0 Å². The van der Waals surface area contributed by atoms with Gasteiger partial charge in [-0.1, -0.05) is 12.5 Å². The van der Waals surface area contributed by atoms with E-state index in [-0.39, 0.29) is 5.91 Å². The van der Waals surface area contributed by atoms with E-state index in [1.165, 1.54) is 5.57 Å². The lowest BCUT2D eigenvalue weighted by Crippen LogP contribution is -2.29. The first-order valence-electron chi connectivity index (χ1n) is 4.10. The molecular formula is C9H14N2O. The van der Waals surface area contributed by atoms with Crippen molar-refractivity contribution in [2.45, 2.75) is 13.8 Å². The summed E-state index contributed by atoms with van der Waals surface area (Å²) < 4.78 is 0. The Bertz CT molecular complexity index is 253. The maximum atomic E-state index is 11.1. The molecule has 0 spiro atoms. The third-order valence-electron chi connectivity index (χ3n) is 2.14. The van der Waals surface area contributed by atoms with Crippen molar-refractivity contribution in [1.82, 2.24) is 5.32 Å². The summed E-state index contributed by atoms with van der Waals surface area (Å²) in [5, 5.41) is 2.56. The number of nitrogens with zero attached hydrogens (tertiary/aromatic N) is 1. The molecule has 1 unspecified atom stereocenters. The minimum Gasteiger partial charge on any atom is -0.354 e. The summed E-state index contributed by atoms with van der Waals surface area (Å²) in [4.78, 5) is 15.3. The van der Waals surface area contributed by atoms with E-state index in [2.05, 4.69) is 17.2 Å². The van der Waals surface area contributed by atoms with Crippen LogP contribution in [0.25, 0.3) is 0 Å². The Morgan fingerprint density at radius 3 is 2.92 bits per heavy atom. The summed E-state index contributed by atoms with van der Waals surface area (Å²) >= 11 is 0. The summed E-state index contributed by atoms with van der Waals surface area (Å²) in [5.74, 6) is 0.375. The molecule has 66 valence electrons. The van der Waals surface area contributed by atoms with Gasteiger partial charge in [0.1, 0.15) is 5.71 Å². The molecule has 0 radical (unpaired) electrons. The Morgan fingerprint density at radius 1 is 1.75 bits per heavy atom. The predicted octanol–water partition coefficient (Wildman–Crippen LogP) is 0.769. The van der Waals surface area contributed by atoms with E-state index in [4.69, 9.17) is 0 Å². The van der Waals surface area contributed by atoms with Crippen LogP contribution >= 0.6 is 0 Å². The van der Waals surface area contributed by atoms with Crippen molar-refractivity contribution < 1.29 is 4.79 Å². The van der Waals surface area contributed by atoms with E-state index < -0.39 is 0 Å². The largest absolute Gasteiger partial charge is 0.354 e. The molecule has 0 bridgehead atoms. The lowest BCUT2D eigenvalue weighted by Gasteiger charge is -2.15. The summed E-state index contributed by atoms with van der Waals surface area (Å²) in [6, 6.07) is 0. The Morgan fingerprint density at radius 2 is 2.42 bits per heavy atom. The third-order valence-corrected chi connectivity index (χ3v) is 2.14. The van der Waals surface area contributed by atoms with Crippen LogP contribution in [0.2, 0.25) is 0 Å². The molecule has 0 saturated carbocycles. The number of amides is 1. The fraction of sp³-hybridized carbons (Fsp3) is 0.556. The molecular weight excluding hydrogens is 152 g/mol. The van der Waals surface area contributed by atoms with Crippen molar-refractivity contribution in [1.29, 1.82) is 0 Å². The normalized spacial score (nSPS) is 22.8. The Kier molecular flexibility index (Phi) is 2.63. The molecule has 0 aromatic heterocycles. The van der Waals surface area contributed by atoms with E-state index in [0.717, 1.165) is 6.54 Å². The van der Waals surface area contributed by atoms with Crippen molar-refractivity contribution in [2.24, 2.45) is 10.9 Å². The Labute approximate surface area is 72.6 Å². The molecule has 3 nitrogen and oxygen atoms in total. The van der Waals surface area contributed by atoms with E-state index in [0.29, 0.717) is 11.6 Å². The second kappa shape index (κ2) is 3.52. The van der Waals surface area contributed by atoms with Gasteiger partial charge in [0.2, 0.25) is 0 Å². The van der Waals surface area contributed by atoms with Crippen LogP contribution in [0.4, 0.5) is 0 Å². The average Bonchev–Trinajstić information content (AvgIpc) is 2.08. The van der Waals surface area contributed by atoms with Gasteiger partial charge < -0.3 is 5.32 Å². The Balaban J connectivity index is 2.78. The number of dihydropyridines is 1. The fourth-order valence-corrected chi connectivity index (χ4v) is 1.05. The lowest BCUT2D eigenvalue weighted by molar-refractivity contribution is -0.114. The minimum atomic E-state index is -0.0961. The number of carbonyl (C=O) groups excluding carboxylic acids is 1. The smallest absolute Gasteiger partial charge is 0.269 e. The van der Waals surface area contributed by atoms with Crippen LogP contribution in [0.15, 0.2) is 16.6 Å². The number of hydrogen-bond donors (Lipinski definition) is 1. The van der Waals surface area contributed by atoms with Crippen molar-refractivity contribution in [3.8, 4) is 0 Å². The van der Waals surface area contributed by atoms with Crippen LogP contribution < -0.4 is 5.32 Å². The van der Waals surface area contributed by atoms with Gasteiger partial charge in [-0.3, -0.25) is 9.79 Å². The van der Waals surface area contributed by atoms with Gasteiger partial charge in [-0.25, -0.2) is 0 Å². The summed E-state index contributed by atoms with van der Waals surface area (Å²) in [6.07, 6.45) is 1.85. The first-order valence-corrected chi connectivity index (χ1v) is 4.10. The average molecular weight is 166 g/mol. The summed E-state index contributed by atoms with van der Waals surface area (Å²) in [6.45, 7) is 4.86. The monoisotopic (exact) mass is 166 g/mol. The van der Waals surface area contributed by atoms with Gasteiger partial charge in [0.05, 0.1) is 0 Å².